The van der Waals surface area contributed by atoms with Crippen molar-refractivity contribution < 1.29 is 14.3 Å². The van der Waals surface area contributed by atoms with Gasteiger partial charge in [-0.05, 0) is 41.8 Å². The van der Waals surface area contributed by atoms with Crippen LogP contribution in [0.3, 0.4) is 0 Å². The molecule has 0 saturated carbocycles. The van der Waals surface area contributed by atoms with E-state index in [0.29, 0.717) is 11.4 Å². The Bertz CT molecular complexity index is 738. The van der Waals surface area contributed by atoms with Crippen LogP contribution in [0, 0.1) is 0 Å². The molecule has 0 aromatic heterocycles. The first kappa shape index (κ1) is 15.1. The monoisotopic (exact) mass is 310 g/mol. The smallest absolute Gasteiger partial charge is 0.262 e. The first-order valence-corrected chi connectivity index (χ1v) is 7.58. The Morgan fingerprint density at radius 2 is 1.91 bits per heavy atom. The quantitative estimate of drug-likeness (QED) is 0.912. The fourth-order valence-electron chi connectivity index (χ4n) is 2.45. The maximum Gasteiger partial charge on any atom is 0.262 e. The molecule has 2 aromatic carbocycles. The Hall–Kier alpha value is -2.82. The van der Waals surface area contributed by atoms with Gasteiger partial charge in [0.2, 0.25) is 5.91 Å². The summed E-state index contributed by atoms with van der Waals surface area (Å²) >= 11 is 0. The second-order valence-electron chi connectivity index (χ2n) is 5.44. The topological polar surface area (TPSA) is 67.4 Å². The number of fused-ring (bicyclic) bond motifs is 1. The van der Waals surface area contributed by atoms with Gasteiger partial charge in [-0.25, -0.2) is 0 Å². The number of aryl methyl sites for hydroxylation is 1. The molecular weight excluding hydrogens is 292 g/mol. The van der Waals surface area contributed by atoms with Crippen LogP contribution in [-0.2, 0) is 22.4 Å². The summed E-state index contributed by atoms with van der Waals surface area (Å²) in [4.78, 5) is 23.5. The summed E-state index contributed by atoms with van der Waals surface area (Å²) in [6.45, 7) is 2.12. The van der Waals surface area contributed by atoms with Crippen molar-refractivity contribution in [2.45, 2.75) is 19.8 Å². The second kappa shape index (κ2) is 6.52. The van der Waals surface area contributed by atoms with Crippen LogP contribution in [-0.4, -0.2) is 18.4 Å². The molecule has 3 rings (SSSR count). The standard InChI is InChI=1S/C18H18N2O3/c1-2-12-3-6-14(7-4-12)19-17(21)10-13-5-8-16-15(9-13)20-18(22)11-23-16/h3-9H,2,10-11H2,1H3,(H,19,21)(H,20,22). The maximum atomic E-state index is 12.1. The molecule has 0 fully saturated rings. The van der Waals surface area contributed by atoms with E-state index in [2.05, 4.69) is 17.6 Å². The van der Waals surface area contributed by atoms with Crippen LogP contribution in [0.15, 0.2) is 42.5 Å². The molecule has 0 radical (unpaired) electrons. The SMILES string of the molecule is CCc1ccc(NC(=O)Cc2ccc3c(c2)NC(=O)CO3)cc1. The Kier molecular flexibility index (Phi) is 4.28. The van der Waals surface area contributed by atoms with E-state index in [1.165, 1.54) is 5.56 Å². The van der Waals surface area contributed by atoms with E-state index in [0.717, 1.165) is 17.7 Å². The molecule has 0 spiro atoms. The lowest BCUT2D eigenvalue weighted by Gasteiger charge is -2.18. The van der Waals surface area contributed by atoms with E-state index >= 15 is 0 Å². The zero-order valence-electron chi connectivity index (χ0n) is 12.9. The van der Waals surface area contributed by atoms with Gasteiger partial charge in [-0.2, -0.15) is 0 Å². The molecular formula is C18H18N2O3. The van der Waals surface area contributed by atoms with Crippen molar-refractivity contribution in [1.29, 1.82) is 0 Å². The molecule has 1 aliphatic heterocycles. The zero-order valence-corrected chi connectivity index (χ0v) is 12.9. The van der Waals surface area contributed by atoms with Crippen LogP contribution < -0.4 is 15.4 Å². The van der Waals surface area contributed by atoms with Crippen molar-refractivity contribution in [2.24, 2.45) is 0 Å². The molecule has 1 aliphatic rings. The predicted octanol–water partition coefficient (Wildman–Crippen LogP) is 2.76. The van der Waals surface area contributed by atoms with E-state index in [1.807, 2.05) is 30.3 Å². The summed E-state index contributed by atoms with van der Waals surface area (Å²) in [6, 6.07) is 13.2. The molecule has 23 heavy (non-hydrogen) atoms. The highest BCUT2D eigenvalue weighted by Crippen LogP contribution is 2.28. The van der Waals surface area contributed by atoms with E-state index in [1.54, 1.807) is 12.1 Å². The number of ether oxygens (including phenoxy) is 1. The fraction of sp³-hybridized carbons (Fsp3) is 0.222. The van der Waals surface area contributed by atoms with Gasteiger partial charge in [-0.15, -0.1) is 0 Å². The van der Waals surface area contributed by atoms with E-state index in [-0.39, 0.29) is 24.8 Å². The highest BCUT2D eigenvalue weighted by atomic mass is 16.5. The van der Waals surface area contributed by atoms with Gasteiger partial charge in [0.25, 0.3) is 5.91 Å². The number of hydrogen-bond acceptors (Lipinski definition) is 3. The second-order valence-corrected chi connectivity index (χ2v) is 5.44. The van der Waals surface area contributed by atoms with Crippen LogP contribution >= 0.6 is 0 Å². The van der Waals surface area contributed by atoms with Gasteiger partial charge >= 0.3 is 0 Å². The Balaban J connectivity index is 1.65. The van der Waals surface area contributed by atoms with Gasteiger partial charge in [0.15, 0.2) is 6.61 Å². The van der Waals surface area contributed by atoms with Gasteiger partial charge in [0, 0.05) is 5.69 Å². The Morgan fingerprint density at radius 3 is 2.65 bits per heavy atom. The third-order valence-electron chi connectivity index (χ3n) is 3.69. The third kappa shape index (κ3) is 3.69. The number of rotatable bonds is 4. The average molecular weight is 310 g/mol. The van der Waals surface area contributed by atoms with Crippen LogP contribution in [0.5, 0.6) is 5.75 Å². The molecule has 0 bridgehead atoms. The highest BCUT2D eigenvalue weighted by Gasteiger charge is 2.16. The molecule has 1 heterocycles. The summed E-state index contributed by atoms with van der Waals surface area (Å²) in [5.41, 5.74) is 3.44. The first-order valence-electron chi connectivity index (χ1n) is 7.58. The van der Waals surface area contributed by atoms with Gasteiger partial charge < -0.3 is 15.4 Å². The maximum absolute atomic E-state index is 12.1. The molecule has 5 nitrogen and oxygen atoms in total. The largest absolute Gasteiger partial charge is 0.482 e. The van der Waals surface area contributed by atoms with Crippen molar-refractivity contribution in [3.8, 4) is 5.75 Å². The normalized spacial score (nSPS) is 12.8. The average Bonchev–Trinajstić information content (AvgIpc) is 2.55. The number of amides is 2. The van der Waals surface area contributed by atoms with Crippen molar-refractivity contribution in [2.75, 3.05) is 17.2 Å². The van der Waals surface area contributed by atoms with Gasteiger partial charge in [-0.1, -0.05) is 25.1 Å². The lowest BCUT2D eigenvalue weighted by molar-refractivity contribution is -0.118. The molecule has 2 N–H and O–H groups in total. The fourth-order valence-corrected chi connectivity index (χ4v) is 2.45. The number of carbonyl (C=O) groups excluding carboxylic acids is 2. The van der Waals surface area contributed by atoms with E-state index in [9.17, 15) is 9.59 Å². The summed E-state index contributed by atoms with van der Waals surface area (Å²) < 4.78 is 5.30. The van der Waals surface area contributed by atoms with Crippen LogP contribution in [0.25, 0.3) is 0 Å². The van der Waals surface area contributed by atoms with Crippen molar-refractivity contribution in [3.63, 3.8) is 0 Å². The van der Waals surface area contributed by atoms with Gasteiger partial charge in [-0.3, -0.25) is 9.59 Å². The minimum atomic E-state index is -0.185. The molecule has 0 unspecified atom stereocenters. The highest BCUT2D eigenvalue weighted by molar-refractivity contribution is 5.96. The molecule has 0 atom stereocenters. The zero-order chi connectivity index (χ0) is 16.2. The van der Waals surface area contributed by atoms with Crippen LogP contribution in [0.1, 0.15) is 18.1 Å². The molecule has 0 aliphatic carbocycles. The van der Waals surface area contributed by atoms with Crippen LogP contribution in [0.4, 0.5) is 11.4 Å². The van der Waals surface area contributed by atoms with Gasteiger partial charge in [0.1, 0.15) is 5.75 Å². The summed E-state index contributed by atoms with van der Waals surface area (Å²) in [5.74, 6) is 0.344. The number of benzene rings is 2. The van der Waals surface area contributed by atoms with E-state index in [4.69, 9.17) is 4.74 Å². The molecule has 2 aromatic rings. The minimum absolute atomic E-state index is 0.0284. The summed E-state index contributed by atoms with van der Waals surface area (Å²) in [7, 11) is 0. The lowest BCUT2D eigenvalue weighted by atomic mass is 10.1. The first-order chi connectivity index (χ1) is 11.1. The third-order valence-corrected chi connectivity index (χ3v) is 3.69. The molecule has 5 heteroatoms. The summed E-state index contributed by atoms with van der Waals surface area (Å²) in [5, 5.41) is 5.61. The van der Waals surface area contributed by atoms with Gasteiger partial charge in [0.05, 0.1) is 12.1 Å². The number of anilines is 2. The Labute approximate surface area is 134 Å². The number of hydrogen-bond donors (Lipinski definition) is 2. The number of carbonyl (C=O) groups is 2. The van der Waals surface area contributed by atoms with Crippen molar-refractivity contribution in [1.82, 2.24) is 0 Å². The van der Waals surface area contributed by atoms with Crippen molar-refractivity contribution >= 4 is 23.2 Å². The summed E-state index contributed by atoms with van der Waals surface area (Å²) in [6.07, 6.45) is 1.20. The van der Waals surface area contributed by atoms with Crippen molar-refractivity contribution in [3.05, 3.63) is 53.6 Å². The van der Waals surface area contributed by atoms with E-state index < -0.39 is 0 Å². The minimum Gasteiger partial charge on any atom is -0.482 e. The van der Waals surface area contributed by atoms with Crippen LogP contribution in [0.2, 0.25) is 0 Å². The molecule has 0 saturated heterocycles. The molecule has 2 amide bonds. The predicted molar refractivity (Wildman–Crippen MR) is 88.7 cm³/mol. The molecule has 118 valence electrons. The Morgan fingerprint density at radius 1 is 1.17 bits per heavy atom. The lowest BCUT2D eigenvalue weighted by Crippen LogP contribution is -2.25. The number of nitrogens with one attached hydrogen (secondary N) is 2.